The van der Waals surface area contributed by atoms with E-state index in [0.29, 0.717) is 24.8 Å². The van der Waals surface area contributed by atoms with Crippen LogP contribution in [0.15, 0.2) is 97.1 Å². The summed E-state index contributed by atoms with van der Waals surface area (Å²) in [5.74, 6) is 0.683. The van der Waals surface area contributed by atoms with Crippen LogP contribution in [-0.4, -0.2) is 36.8 Å². The summed E-state index contributed by atoms with van der Waals surface area (Å²) >= 11 is 1.40. The summed E-state index contributed by atoms with van der Waals surface area (Å²) < 4.78 is 13.8. The van der Waals surface area contributed by atoms with Crippen molar-refractivity contribution in [3.63, 3.8) is 0 Å². The van der Waals surface area contributed by atoms with Crippen molar-refractivity contribution in [2.45, 2.75) is 45.5 Å². The third-order valence-electron chi connectivity index (χ3n) is 7.44. The van der Waals surface area contributed by atoms with Crippen molar-refractivity contribution in [3.8, 4) is 0 Å². The predicted molar refractivity (Wildman–Crippen MR) is 178 cm³/mol. The Morgan fingerprint density at radius 3 is 1.90 bits per heavy atom. The van der Waals surface area contributed by atoms with Crippen LogP contribution in [0.3, 0.4) is 0 Å². The summed E-state index contributed by atoms with van der Waals surface area (Å²) in [5, 5.41) is 4.01. The van der Waals surface area contributed by atoms with Crippen LogP contribution in [0.4, 0.5) is 0 Å². The Labute approximate surface area is 248 Å². The number of carbonyl (C=O) groups is 1. The molecule has 0 aliphatic rings. The van der Waals surface area contributed by atoms with Crippen molar-refractivity contribution < 1.29 is 14.3 Å². The molecule has 0 aliphatic heterocycles. The number of rotatable bonds is 12. The maximum atomic E-state index is 12.6. The molecule has 2 heterocycles. The summed E-state index contributed by atoms with van der Waals surface area (Å²) in [6, 6.07) is 35.7. The number of hydrogen-bond acceptors (Lipinski definition) is 5. The van der Waals surface area contributed by atoms with E-state index in [4.69, 9.17) is 14.5 Å². The van der Waals surface area contributed by atoms with Crippen LogP contribution in [0.25, 0.3) is 10.3 Å². The molecule has 8 heteroatoms. The van der Waals surface area contributed by atoms with Gasteiger partial charge in [0, 0.05) is 0 Å². The van der Waals surface area contributed by atoms with Crippen molar-refractivity contribution in [2.75, 3.05) is 13.2 Å². The van der Waals surface area contributed by atoms with Crippen LogP contribution in [0, 0.1) is 0 Å². The Morgan fingerprint density at radius 2 is 1.41 bits per heavy atom. The van der Waals surface area contributed by atoms with Crippen molar-refractivity contribution in [1.82, 2.24) is 9.55 Å². The van der Waals surface area contributed by atoms with Crippen molar-refractivity contribution in [1.29, 1.82) is 0 Å². The van der Waals surface area contributed by atoms with Crippen molar-refractivity contribution >= 4 is 58.9 Å². The average molecular weight is 603 g/mol. The Hall–Kier alpha value is -3.09. The number of fused-ring (bicyclic) bond motifs is 1. The minimum absolute atomic E-state index is 0.301. The molecule has 5 aromatic rings. The second-order valence-corrected chi connectivity index (χ2v) is 22.1. The number of thiophene rings is 1. The first-order chi connectivity index (χ1) is 19.8. The molecular formula is C33H39N2O3PSSi. The molecule has 0 spiro atoms. The van der Waals surface area contributed by atoms with E-state index < -0.39 is 15.3 Å². The molecule has 0 N–H and O–H groups in total. The van der Waals surface area contributed by atoms with Gasteiger partial charge in [0.05, 0.1) is 0 Å². The van der Waals surface area contributed by atoms with Crippen LogP contribution in [-0.2, 0) is 22.4 Å². The number of nitrogens with zero attached hydrogens (tertiary/aromatic N) is 2. The van der Waals surface area contributed by atoms with E-state index >= 15 is 0 Å². The molecule has 2 aromatic heterocycles. The summed E-state index contributed by atoms with van der Waals surface area (Å²) in [6.45, 7) is 10.4. The fraction of sp³-hybridized carbons (Fsp3) is 0.273. The number of esters is 1. The van der Waals surface area contributed by atoms with Gasteiger partial charge in [0.2, 0.25) is 0 Å². The molecule has 0 fully saturated rings. The molecule has 0 unspecified atom stereocenters. The van der Waals surface area contributed by atoms with E-state index in [2.05, 4.69) is 115 Å². The van der Waals surface area contributed by atoms with Crippen LogP contribution < -0.4 is 15.9 Å². The summed E-state index contributed by atoms with van der Waals surface area (Å²) in [5.41, 5.74) is 0.929. The monoisotopic (exact) mass is 602 g/mol. The molecule has 0 bridgehead atoms. The normalized spacial score (nSPS) is 12.5. The first-order valence-corrected chi connectivity index (χ1v) is 21.0. The van der Waals surface area contributed by atoms with Crippen LogP contribution in [0.1, 0.15) is 22.4 Å². The summed E-state index contributed by atoms with van der Waals surface area (Å²) in [6.07, 6.45) is 0.762. The summed E-state index contributed by atoms with van der Waals surface area (Å²) in [4.78, 5) is 19.2. The van der Waals surface area contributed by atoms with Gasteiger partial charge >= 0.3 is 249 Å². The molecule has 5 nitrogen and oxygen atoms in total. The van der Waals surface area contributed by atoms with E-state index in [0.717, 1.165) is 28.4 Å². The second-order valence-electron chi connectivity index (χ2n) is 11.5. The van der Waals surface area contributed by atoms with Crippen LogP contribution >= 0.6 is 18.6 Å². The number of carbonyl (C=O) groups excluding carboxylic acids is 1. The van der Waals surface area contributed by atoms with E-state index in [9.17, 15) is 4.79 Å². The van der Waals surface area contributed by atoms with Gasteiger partial charge in [-0.1, -0.05) is 0 Å². The van der Waals surface area contributed by atoms with Gasteiger partial charge < -0.3 is 0 Å². The van der Waals surface area contributed by atoms with E-state index in [1.165, 1.54) is 27.3 Å². The van der Waals surface area contributed by atoms with E-state index in [1.807, 2.05) is 13.0 Å². The Balaban J connectivity index is 1.65. The third kappa shape index (κ3) is 6.54. The molecule has 214 valence electrons. The van der Waals surface area contributed by atoms with Gasteiger partial charge in [-0.25, -0.2) is 0 Å². The molecule has 41 heavy (non-hydrogen) atoms. The molecule has 0 radical (unpaired) electrons. The molecule has 3 aromatic carbocycles. The molecule has 0 saturated heterocycles. The Morgan fingerprint density at radius 1 is 0.878 bits per heavy atom. The Kier molecular flexibility index (Phi) is 9.20. The Bertz CT molecular complexity index is 1480. The SMILES string of the molecule is CCOC(=O)c1cc2c(nc(C[PH](c3ccccc3)(c3ccccc3)c3ccccc3)n2COCC[Si](C)(C)C)s1. The predicted octanol–water partition coefficient (Wildman–Crippen LogP) is 6.81. The van der Waals surface area contributed by atoms with Gasteiger partial charge in [0.1, 0.15) is 0 Å². The zero-order valence-corrected chi connectivity index (χ0v) is 27.1. The number of aromatic nitrogens is 2. The van der Waals surface area contributed by atoms with Gasteiger partial charge in [-0.15, -0.1) is 0 Å². The third-order valence-corrected chi connectivity index (χ3v) is 14.9. The van der Waals surface area contributed by atoms with E-state index in [-0.39, 0.29) is 5.97 Å². The molecular weight excluding hydrogens is 564 g/mol. The van der Waals surface area contributed by atoms with Crippen molar-refractivity contribution in [3.05, 3.63) is 108 Å². The summed E-state index contributed by atoms with van der Waals surface area (Å²) in [7, 11) is -3.82. The van der Waals surface area contributed by atoms with E-state index in [1.54, 1.807) is 0 Å². The standard InChI is InChI=1S/C33H39N2O3PSSi/c1-5-38-33(36)30-23-29-32(40-30)34-31(35(29)25-37-21-22-41(2,3)4)24-39(26-15-9-6-10-16-26,27-17-11-7-12-18-27)28-19-13-8-14-20-28/h6-20,23,39H,5,21-22,24-25H2,1-4H3. The first-order valence-electron chi connectivity index (χ1n) is 14.2. The number of benzene rings is 3. The minimum atomic E-state index is -2.58. The number of hydrogen-bond donors (Lipinski definition) is 0. The average Bonchev–Trinajstić information content (AvgIpc) is 3.53. The van der Waals surface area contributed by atoms with Gasteiger partial charge in [0.25, 0.3) is 0 Å². The number of imidazole rings is 1. The fourth-order valence-electron chi connectivity index (χ4n) is 5.29. The maximum absolute atomic E-state index is 12.6. The second kappa shape index (κ2) is 12.8. The molecule has 5 rings (SSSR count). The first kappa shape index (κ1) is 29.4. The quantitative estimate of drug-likeness (QED) is 0.0681. The van der Waals surface area contributed by atoms with Crippen LogP contribution in [0.5, 0.6) is 0 Å². The van der Waals surface area contributed by atoms with Gasteiger partial charge in [-0.3, -0.25) is 0 Å². The molecule has 0 aliphatic carbocycles. The number of ether oxygens (including phenoxy) is 2. The van der Waals surface area contributed by atoms with Gasteiger partial charge in [0.15, 0.2) is 0 Å². The topological polar surface area (TPSA) is 53.3 Å². The molecule has 0 saturated carbocycles. The fourth-order valence-corrected chi connectivity index (χ4v) is 11.6. The molecule has 0 atom stereocenters. The van der Waals surface area contributed by atoms with Crippen molar-refractivity contribution in [2.24, 2.45) is 0 Å². The van der Waals surface area contributed by atoms with Gasteiger partial charge in [-0.05, 0) is 0 Å². The van der Waals surface area contributed by atoms with Gasteiger partial charge in [-0.2, -0.15) is 0 Å². The van der Waals surface area contributed by atoms with Crippen LogP contribution in [0.2, 0.25) is 25.7 Å². The zero-order chi connectivity index (χ0) is 28.9. The molecule has 0 amide bonds. The zero-order valence-electron chi connectivity index (χ0n) is 24.3.